The van der Waals surface area contributed by atoms with Crippen molar-refractivity contribution in [1.82, 2.24) is 0 Å². The predicted octanol–water partition coefficient (Wildman–Crippen LogP) is -5.20. The first kappa shape index (κ1) is 37.9. The zero-order chi connectivity index (χ0) is 4.50. The van der Waals surface area contributed by atoms with Crippen molar-refractivity contribution in [3.8, 4) is 0 Å². The molecule has 0 spiro atoms. The van der Waals surface area contributed by atoms with Gasteiger partial charge in [0.25, 0.3) is 0 Å². The van der Waals surface area contributed by atoms with Crippen LogP contribution in [0.2, 0.25) is 0 Å². The molecule has 10 heavy (non-hydrogen) atoms. The van der Waals surface area contributed by atoms with Crippen LogP contribution in [0, 0.1) is 0 Å². The van der Waals surface area contributed by atoms with Crippen LogP contribution in [0.1, 0.15) is 4.28 Å². The van der Waals surface area contributed by atoms with Gasteiger partial charge in [-0.2, -0.15) is 0 Å². The number of phosphoric acid groups is 1. The number of rotatable bonds is 0. The molecule has 0 aliphatic rings. The normalized spacial score (nSPS) is 5.90. The van der Waals surface area contributed by atoms with Gasteiger partial charge in [-0.05, 0) is 0 Å². The summed E-state index contributed by atoms with van der Waals surface area (Å²) in [4.78, 5) is 21.6. The van der Waals surface area contributed by atoms with Gasteiger partial charge in [0.1, 0.15) is 0 Å². The van der Waals surface area contributed by atoms with E-state index in [0.717, 1.165) is 0 Å². The Labute approximate surface area is 141 Å². The zero-order valence-electron chi connectivity index (χ0n) is 8.31. The van der Waals surface area contributed by atoms with Crippen molar-refractivity contribution >= 4 is 58.0 Å². The molecule has 6 nitrogen and oxygen atoms in total. The fourth-order valence-corrected chi connectivity index (χ4v) is 0. The van der Waals surface area contributed by atoms with Crippen LogP contribution >= 0.6 is 20.2 Å². The van der Waals surface area contributed by atoms with E-state index in [1.54, 1.807) is 0 Å². The minimum Gasteiger partial charge on any atom is -1.00 e. The summed E-state index contributed by atoms with van der Waals surface area (Å²) in [7, 11) is -4.64. The molecule has 0 fully saturated rings. The number of hydrogen-bond donors (Lipinski definition) is 3. The molecule has 0 amide bonds. The van der Waals surface area contributed by atoms with E-state index in [9.17, 15) is 0 Å². The van der Waals surface area contributed by atoms with E-state index in [4.69, 9.17) is 19.2 Å². The molecular weight excluding hydrogens is 242 g/mol. The van der Waals surface area contributed by atoms with Crippen LogP contribution in [0.3, 0.4) is 0 Å². The van der Waals surface area contributed by atoms with Crippen molar-refractivity contribution in [2.75, 3.05) is 0 Å². The van der Waals surface area contributed by atoms with Gasteiger partial charge in [-0.15, -0.1) is 12.4 Å². The fourth-order valence-electron chi connectivity index (χ4n) is 0. The Morgan fingerprint density at radius 3 is 1.10 bits per heavy atom. The fraction of sp³-hybridized carbons (Fsp3) is 0. The molecule has 0 aliphatic carbocycles. The maximum absolute atomic E-state index is 8.88. The average Bonchev–Trinajstić information content (AvgIpc) is 0.722. The SMILES string of the molecule is Cl.O.O.O=P(O)(O)O.[Ca+2].[H-].[H-].[H-].[K+]. The van der Waals surface area contributed by atoms with Gasteiger partial charge in [0, 0.05) is 0 Å². The smallest absolute Gasteiger partial charge is 1.00 e. The van der Waals surface area contributed by atoms with Gasteiger partial charge in [-0.25, -0.2) is 4.57 Å². The van der Waals surface area contributed by atoms with Gasteiger partial charge in [0.05, 0.1) is 0 Å². The maximum atomic E-state index is 8.88. The largest absolute Gasteiger partial charge is 2.00 e. The third-order valence-corrected chi connectivity index (χ3v) is 0. The number of hydrogen-bond acceptors (Lipinski definition) is 1. The van der Waals surface area contributed by atoms with Crippen LogP contribution in [0.25, 0.3) is 0 Å². The Balaban J connectivity index is -0.00000000286. The van der Waals surface area contributed by atoms with Crippen molar-refractivity contribution in [3.63, 3.8) is 0 Å². The topological polar surface area (TPSA) is 141 Å². The van der Waals surface area contributed by atoms with Crippen LogP contribution in [-0.4, -0.2) is 63.4 Å². The van der Waals surface area contributed by atoms with Crippen LogP contribution in [-0.2, 0) is 4.57 Å². The first-order valence-corrected chi connectivity index (χ1v) is 2.35. The standard InChI is InChI=1S/Ca.ClH.K.H3O4P.2H2O.3H/c;;;1-5(2,3)4;;;;;/h;1H;;(H3,1,2,3,4);2*1H2;;;/q+2;;+1;;;;3*-1. The van der Waals surface area contributed by atoms with Crippen LogP contribution in [0.5, 0.6) is 0 Å². The maximum Gasteiger partial charge on any atom is 2.00 e. The van der Waals surface area contributed by atoms with E-state index in [1.807, 2.05) is 0 Å². The molecule has 0 saturated carbocycles. The second-order valence-corrected chi connectivity index (χ2v) is 1.54. The molecule has 0 saturated heterocycles. The molecule has 0 bridgehead atoms. The molecule has 0 aromatic carbocycles. The Bertz CT molecular complexity index is 74.0. The minimum absolute atomic E-state index is 0. The molecule has 0 aromatic heterocycles. The molecule has 10 heteroatoms. The monoisotopic (exact) mass is 252 g/mol. The van der Waals surface area contributed by atoms with Gasteiger partial charge in [-0.3, -0.25) is 0 Å². The van der Waals surface area contributed by atoms with Gasteiger partial charge in [-0.1, -0.05) is 0 Å². The molecule has 7 N–H and O–H groups in total. The molecule has 62 valence electrons. The van der Waals surface area contributed by atoms with Crippen molar-refractivity contribution in [3.05, 3.63) is 0 Å². The van der Waals surface area contributed by atoms with E-state index in [1.165, 1.54) is 0 Å². The molecule has 0 radical (unpaired) electrons. The second-order valence-electron chi connectivity index (χ2n) is 0.513. The van der Waals surface area contributed by atoms with Gasteiger partial charge in [0.15, 0.2) is 0 Å². The third-order valence-electron chi connectivity index (χ3n) is 0. The van der Waals surface area contributed by atoms with E-state index in [0.29, 0.717) is 0 Å². The van der Waals surface area contributed by atoms with E-state index >= 15 is 0 Å². The summed E-state index contributed by atoms with van der Waals surface area (Å²) in [6.07, 6.45) is 0. The average molecular weight is 253 g/mol. The summed E-state index contributed by atoms with van der Waals surface area (Å²) in [6, 6.07) is 0. The predicted molar refractivity (Wildman–Crippen MR) is 37.8 cm³/mol. The number of halogens is 1. The Morgan fingerprint density at radius 2 is 1.10 bits per heavy atom. The van der Waals surface area contributed by atoms with Crippen LogP contribution < -0.4 is 51.4 Å². The molecule has 0 heterocycles. The summed E-state index contributed by atoms with van der Waals surface area (Å²) in [5.74, 6) is 0. The summed E-state index contributed by atoms with van der Waals surface area (Å²) in [5, 5.41) is 0. The Kier molecular flexibility index (Phi) is 68.5. The molecule has 0 atom stereocenters. The summed E-state index contributed by atoms with van der Waals surface area (Å²) < 4.78 is 8.88. The van der Waals surface area contributed by atoms with Gasteiger partial charge >= 0.3 is 96.9 Å². The van der Waals surface area contributed by atoms with Crippen LogP contribution in [0.15, 0.2) is 0 Å². The molecular formula is H11CaClKO6P. The minimum atomic E-state index is -4.64. The summed E-state index contributed by atoms with van der Waals surface area (Å²) >= 11 is 0. The first-order valence-electron chi connectivity index (χ1n) is 0.783. The van der Waals surface area contributed by atoms with E-state index in [2.05, 4.69) is 0 Å². The van der Waals surface area contributed by atoms with E-state index in [-0.39, 0.29) is 117 Å². The van der Waals surface area contributed by atoms with Crippen molar-refractivity contribution < 1.29 is 85.9 Å². The summed E-state index contributed by atoms with van der Waals surface area (Å²) in [5.41, 5.74) is 0. The molecule has 0 aromatic rings. The first-order chi connectivity index (χ1) is 2.00. The van der Waals surface area contributed by atoms with Crippen molar-refractivity contribution in [2.24, 2.45) is 0 Å². The Morgan fingerprint density at radius 1 is 1.10 bits per heavy atom. The molecule has 0 rings (SSSR count). The zero-order valence-corrected chi connectivity index (χ0v) is 12.4. The third kappa shape index (κ3) is 113. The van der Waals surface area contributed by atoms with Crippen molar-refractivity contribution in [2.45, 2.75) is 0 Å². The summed E-state index contributed by atoms with van der Waals surface area (Å²) in [6.45, 7) is 0. The molecule has 0 unspecified atom stereocenters. The second kappa shape index (κ2) is 18.1. The van der Waals surface area contributed by atoms with Crippen molar-refractivity contribution in [1.29, 1.82) is 0 Å². The Hall–Kier alpha value is 3.22. The van der Waals surface area contributed by atoms with Gasteiger partial charge in [0.2, 0.25) is 0 Å². The van der Waals surface area contributed by atoms with Gasteiger partial charge < -0.3 is 29.9 Å². The van der Waals surface area contributed by atoms with Crippen LogP contribution in [0.4, 0.5) is 0 Å². The quantitative estimate of drug-likeness (QED) is 0.293. The van der Waals surface area contributed by atoms with E-state index < -0.39 is 7.82 Å². The molecule has 0 aliphatic heterocycles.